The van der Waals surface area contributed by atoms with Crippen molar-refractivity contribution in [1.29, 1.82) is 0 Å². The van der Waals surface area contributed by atoms with Gasteiger partial charge in [0.2, 0.25) is 6.79 Å². The molecule has 0 unspecified atom stereocenters. The second-order valence-electron chi connectivity index (χ2n) is 5.19. The Balaban J connectivity index is 1.96. The van der Waals surface area contributed by atoms with Gasteiger partial charge in [-0.1, -0.05) is 26.7 Å². The fraction of sp³-hybridized carbons (Fsp3) is 0.562. The molecule has 0 fully saturated rings. The molecular formula is C16H24N2O3. The molecule has 1 aromatic carbocycles. The van der Waals surface area contributed by atoms with Gasteiger partial charge in [-0.3, -0.25) is 0 Å². The molecule has 5 nitrogen and oxygen atoms in total. The van der Waals surface area contributed by atoms with Gasteiger partial charge in [0.1, 0.15) is 0 Å². The predicted octanol–water partition coefficient (Wildman–Crippen LogP) is 3.85. The van der Waals surface area contributed by atoms with Crippen molar-refractivity contribution in [1.82, 2.24) is 4.90 Å². The predicted molar refractivity (Wildman–Crippen MR) is 83.0 cm³/mol. The number of benzene rings is 1. The first-order valence-corrected chi connectivity index (χ1v) is 7.70. The van der Waals surface area contributed by atoms with Crippen molar-refractivity contribution in [2.24, 2.45) is 0 Å². The average molecular weight is 292 g/mol. The van der Waals surface area contributed by atoms with Gasteiger partial charge in [-0.15, -0.1) is 0 Å². The Hall–Kier alpha value is -1.91. The minimum absolute atomic E-state index is 0.0456. The summed E-state index contributed by atoms with van der Waals surface area (Å²) < 4.78 is 10.6. The lowest BCUT2D eigenvalue weighted by Crippen LogP contribution is -2.36. The summed E-state index contributed by atoms with van der Waals surface area (Å²) in [6, 6.07) is 5.41. The molecule has 0 atom stereocenters. The van der Waals surface area contributed by atoms with Crippen LogP contribution in [-0.2, 0) is 0 Å². The van der Waals surface area contributed by atoms with Crippen LogP contribution in [0.2, 0.25) is 0 Å². The number of nitrogens with one attached hydrogen (secondary N) is 1. The van der Waals surface area contributed by atoms with Crippen molar-refractivity contribution in [3.05, 3.63) is 18.2 Å². The zero-order valence-corrected chi connectivity index (χ0v) is 12.9. The van der Waals surface area contributed by atoms with Crippen LogP contribution in [-0.4, -0.2) is 30.8 Å². The van der Waals surface area contributed by atoms with Crippen molar-refractivity contribution >= 4 is 11.7 Å². The summed E-state index contributed by atoms with van der Waals surface area (Å²) in [5, 5.41) is 2.94. The smallest absolute Gasteiger partial charge is 0.321 e. The molecule has 0 spiro atoms. The van der Waals surface area contributed by atoms with E-state index in [2.05, 4.69) is 19.2 Å². The van der Waals surface area contributed by atoms with Crippen LogP contribution in [0, 0.1) is 0 Å². The van der Waals surface area contributed by atoms with Crippen molar-refractivity contribution in [2.45, 2.75) is 39.5 Å². The second kappa shape index (κ2) is 7.76. The Morgan fingerprint density at radius 1 is 1.14 bits per heavy atom. The van der Waals surface area contributed by atoms with Gasteiger partial charge in [-0.25, -0.2) is 4.79 Å². The maximum Gasteiger partial charge on any atom is 0.321 e. The molecule has 5 heteroatoms. The molecule has 2 rings (SSSR count). The lowest BCUT2D eigenvalue weighted by atomic mass is 10.2. The highest BCUT2D eigenvalue weighted by Gasteiger charge is 2.16. The molecule has 0 aliphatic carbocycles. The molecule has 1 heterocycles. The van der Waals surface area contributed by atoms with Gasteiger partial charge in [0.05, 0.1) is 0 Å². The highest BCUT2D eigenvalue weighted by molar-refractivity contribution is 5.89. The Labute approximate surface area is 126 Å². The standard InChI is InChI=1S/C16H24N2O3/c1-3-5-9-18(10-6-4-2)16(19)17-13-7-8-14-15(11-13)21-12-20-14/h7-8,11H,3-6,9-10,12H2,1-2H3,(H,17,19). The van der Waals surface area contributed by atoms with Crippen molar-refractivity contribution in [3.63, 3.8) is 0 Å². The molecule has 1 aromatic rings. The Morgan fingerprint density at radius 3 is 2.48 bits per heavy atom. The van der Waals surface area contributed by atoms with E-state index < -0.39 is 0 Å². The van der Waals surface area contributed by atoms with Gasteiger partial charge in [-0.2, -0.15) is 0 Å². The Kier molecular flexibility index (Phi) is 5.72. The van der Waals surface area contributed by atoms with Crippen LogP contribution < -0.4 is 14.8 Å². The van der Waals surface area contributed by atoms with E-state index in [1.807, 2.05) is 17.0 Å². The van der Waals surface area contributed by atoms with E-state index in [1.165, 1.54) is 0 Å². The number of hydrogen-bond acceptors (Lipinski definition) is 3. The molecule has 0 saturated heterocycles. The molecule has 2 amide bonds. The summed E-state index contributed by atoms with van der Waals surface area (Å²) >= 11 is 0. The molecule has 1 aliphatic rings. The summed E-state index contributed by atoms with van der Waals surface area (Å²) in [4.78, 5) is 14.3. The second-order valence-corrected chi connectivity index (χ2v) is 5.19. The van der Waals surface area contributed by atoms with Gasteiger partial charge >= 0.3 is 6.03 Å². The molecule has 1 aliphatic heterocycles. The first-order chi connectivity index (χ1) is 10.2. The number of rotatable bonds is 7. The van der Waals surface area contributed by atoms with Gasteiger partial charge in [0.25, 0.3) is 0 Å². The number of nitrogens with zero attached hydrogens (tertiary/aromatic N) is 1. The van der Waals surface area contributed by atoms with Gasteiger partial charge in [0.15, 0.2) is 11.5 Å². The van der Waals surface area contributed by atoms with Crippen LogP contribution in [0.1, 0.15) is 39.5 Å². The summed E-state index contributed by atoms with van der Waals surface area (Å²) in [5.41, 5.74) is 0.738. The molecule has 0 radical (unpaired) electrons. The summed E-state index contributed by atoms with van der Waals surface area (Å²) in [5.74, 6) is 1.41. The normalized spacial score (nSPS) is 12.3. The van der Waals surface area contributed by atoms with E-state index >= 15 is 0 Å². The van der Waals surface area contributed by atoms with E-state index in [-0.39, 0.29) is 12.8 Å². The van der Waals surface area contributed by atoms with E-state index in [0.29, 0.717) is 5.75 Å². The van der Waals surface area contributed by atoms with Crippen molar-refractivity contribution in [2.75, 3.05) is 25.2 Å². The SMILES string of the molecule is CCCCN(CCCC)C(=O)Nc1ccc2c(c1)OCO2. The molecule has 0 aromatic heterocycles. The zero-order chi connectivity index (χ0) is 15.1. The first kappa shape index (κ1) is 15.5. The van der Waals surface area contributed by atoms with E-state index in [0.717, 1.165) is 50.2 Å². The number of unbranched alkanes of at least 4 members (excludes halogenated alkanes) is 2. The third kappa shape index (κ3) is 4.28. The molecule has 0 bridgehead atoms. The van der Waals surface area contributed by atoms with Crippen LogP contribution in [0.3, 0.4) is 0 Å². The zero-order valence-electron chi connectivity index (χ0n) is 12.9. The summed E-state index contributed by atoms with van der Waals surface area (Å²) in [7, 11) is 0. The minimum atomic E-state index is -0.0456. The summed E-state index contributed by atoms with van der Waals surface area (Å²) in [6.45, 7) is 6.10. The number of carbonyl (C=O) groups is 1. The maximum atomic E-state index is 12.4. The number of hydrogen-bond donors (Lipinski definition) is 1. The van der Waals surface area contributed by atoms with Gasteiger partial charge < -0.3 is 19.7 Å². The number of fused-ring (bicyclic) bond motifs is 1. The minimum Gasteiger partial charge on any atom is -0.454 e. The van der Waals surface area contributed by atoms with Crippen molar-refractivity contribution < 1.29 is 14.3 Å². The third-order valence-corrected chi connectivity index (χ3v) is 3.47. The van der Waals surface area contributed by atoms with E-state index in [1.54, 1.807) is 6.07 Å². The number of urea groups is 1. The topological polar surface area (TPSA) is 50.8 Å². The van der Waals surface area contributed by atoms with Crippen molar-refractivity contribution in [3.8, 4) is 11.5 Å². The first-order valence-electron chi connectivity index (χ1n) is 7.70. The van der Waals surface area contributed by atoms with Gasteiger partial charge in [0, 0.05) is 24.8 Å². The highest BCUT2D eigenvalue weighted by atomic mass is 16.7. The molecule has 0 saturated carbocycles. The number of amides is 2. The fourth-order valence-corrected chi connectivity index (χ4v) is 2.19. The lowest BCUT2D eigenvalue weighted by molar-refractivity contribution is 0.174. The van der Waals surface area contributed by atoms with Gasteiger partial charge in [-0.05, 0) is 25.0 Å². The molecule has 21 heavy (non-hydrogen) atoms. The third-order valence-electron chi connectivity index (χ3n) is 3.47. The summed E-state index contributed by atoms with van der Waals surface area (Å²) in [6.07, 6.45) is 4.22. The molecular weight excluding hydrogens is 268 g/mol. The highest BCUT2D eigenvalue weighted by Crippen LogP contribution is 2.34. The van der Waals surface area contributed by atoms with Crippen LogP contribution >= 0.6 is 0 Å². The monoisotopic (exact) mass is 292 g/mol. The fourth-order valence-electron chi connectivity index (χ4n) is 2.19. The largest absolute Gasteiger partial charge is 0.454 e. The van der Waals surface area contributed by atoms with E-state index in [4.69, 9.17) is 9.47 Å². The lowest BCUT2D eigenvalue weighted by Gasteiger charge is -2.22. The Bertz CT molecular complexity index is 469. The van der Waals surface area contributed by atoms with Crippen LogP contribution in [0.15, 0.2) is 18.2 Å². The quantitative estimate of drug-likeness (QED) is 0.830. The number of ether oxygens (including phenoxy) is 2. The molecule has 116 valence electrons. The molecule has 1 N–H and O–H groups in total. The number of anilines is 1. The van der Waals surface area contributed by atoms with Crippen LogP contribution in [0.25, 0.3) is 0 Å². The average Bonchev–Trinajstić information content (AvgIpc) is 2.95. The number of carbonyl (C=O) groups excluding carboxylic acids is 1. The van der Waals surface area contributed by atoms with Crippen LogP contribution in [0.5, 0.6) is 11.5 Å². The van der Waals surface area contributed by atoms with E-state index in [9.17, 15) is 4.79 Å². The Morgan fingerprint density at radius 2 is 1.81 bits per heavy atom. The maximum absolute atomic E-state index is 12.4. The van der Waals surface area contributed by atoms with Crippen LogP contribution in [0.4, 0.5) is 10.5 Å².